The van der Waals surface area contributed by atoms with E-state index >= 15 is 0 Å². The molecule has 0 spiro atoms. The molecule has 0 aliphatic heterocycles. The molecule has 0 atom stereocenters. The predicted molar refractivity (Wildman–Crippen MR) is 51.3 cm³/mol. The van der Waals surface area contributed by atoms with Crippen molar-refractivity contribution >= 4 is 17.4 Å². The fraction of sp³-hybridized carbons (Fsp3) is 0.222. The molecular weight excluding hydrogens is 228 g/mol. The fourth-order valence-electron chi connectivity index (χ4n) is 1.10. The summed E-state index contributed by atoms with van der Waals surface area (Å²) < 4.78 is 31.0. The van der Waals surface area contributed by atoms with E-state index in [0.717, 1.165) is 13.2 Å². The Kier molecular flexibility index (Phi) is 3.60. The van der Waals surface area contributed by atoms with E-state index < -0.39 is 28.2 Å². The molecule has 0 aliphatic carbocycles. The first-order valence-corrected chi connectivity index (χ1v) is 4.35. The van der Waals surface area contributed by atoms with Gasteiger partial charge in [0.2, 0.25) is 0 Å². The normalized spacial score (nSPS) is 10.2. The first-order valence-electron chi connectivity index (χ1n) is 3.97. The summed E-state index contributed by atoms with van der Waals surface area (Å²) in [5.41, 5.74) is 4.83. The molecule has 1 rings (SSSR count). The van der Waals surface area contributed by atoms with Gasteiger partial charge in [-0.2, -0.15) is 0 Å². The van der Waals surface area contributed by atoms with Crippen LogP contribution in [0, 0.1) is 11.6 Å². The van der Waals surface area contributed by atoms with E-state index in [1.807, 2.05) is 0 Å². The smallest absolute Gasteiger partial charge is 0.187 e. The zero-order valence-electron chi connectivity index (χ0n) is 7.81. The maximum Gasteiger partial charge on any atom is 0.187 e. The lowest BCUT2D eigenvalue weighted by Crippen LogP contribution is -2.15. The number of ether oxygens (including phenoxy) is 1. The van der Waals surface area contributed by atoms with Crippen LogP contribution in [0.25, 0.3) is 0 Å². The summed E-state index contributed by atoms with van der Waals surface area (Å²) in [7, 11) is 1.15. The Morgan fingerprint density at radius 3 is 2.67 bits per heavy atom. The summed E-state index contributed by atoms with van der Waals surface area (Å²) in [5, 5.41) is -0.708. The van der Waals surface area contributed by atoms with Gasteiger partial charge < -0.3 is 10.5 Å². The van der Waals surface area contributed by atoms with Gasteiger partial charge >= 0.3 is 0 Å². The van der Waals surface area contributed by atoms with E-state index in [2.05, 4.69) is 4.74 Å². The Morgan fingerprint density at radius 1 is 1.60 bits per heavy atom. The first kappa shape index (κ1) is 11.9. The van der Waals surface area contributed by atoms with Gasteiger partial charge in [0.15, 0.2) is 17.3 Å². The number of ketones is 1. The van der Waals surface area contributed by atoms with Gasteiger partial charge in [-0.1, -0.05) is 11.6 Å². The number of hydrogen-bond donors (Lipinski definition) is 1. The van der Waals surface area contributed by atoms with Crippen LogP contribution in [0.15, 0.2) is 6.07 Å². The van der Waals surface area contributed by atoms with Crippen LogP contribution in [0.1, 0.15) is 10.4 Å². The van der Waals surface area contributed by atoms with E-state index in [1.165, 1.54) is 0 Å². The second-order valence-corrected chi connectivity index (χ2v) is 3.07. The molecule has 0 saturated carbocycles. The molecule has 0 fully saturated rings. The number of hydrogen-bond acceptors (Lipinski definition) is 3. The molecule has 0 bridgehead atoms. The minimum absolute atomic E-state index is 0.251. The van der Waals surface area contributed by atoms with Crippen LogP contribution in [0.2, 0.25) is 5.02 Å². The van der Waals surface area contributed by atoms with Crippen LogP contribution in [0.5, 0.6) is 5.75 Å². The van der Waals surface area contributed by atoms with Gasteiger partial charge in [-0.25, -0.2) is 8.78 Å². The number of nitrogens with two attached hydrogens (primary N) is 1. The molecule has 82 valence electrons. The standard InChI is InChI=1S/C9H8ClF2NO2/c1-15-9-4(6(14)3-13)2-5(11)7(10)8(9)12/h2H,3,13H2,1H3. The lowest BCUT2D eigenvalue weighted by atomic mass is 10.1. The van der Waals surface area contributed by atoms with E-state index in [-0.39, 0.29) is 12.1 Å². The van der Waals surface area contributed by atoms with Gasteiger partial charge in [-0.05, 0) is 6.07 Å². The van der Waals surface area contributed by atoms with Crippen LogP contribution in [0.3, 0.4) is 0 Å². The highest BCUT2D eigenvalue weighted by Gasteiger charge is 2.21. The number of methoxy groups -OCH3 is 1. The number of benzene rings is 1. The van der Waals surface area contributed by atoms with Crippen molar-refractivity contribution in [2.75, 3.05) is 13.7 Å². The molecule has 0 aliphatic rings. The molecule has 0 saturated heterocycles. The summed E-state index contributed by atoms with van der Waals surface area (Å²) >= 11 is 5.31. The third kappa shape index (κ3) is 2.08. The molecule has 0 radical (unpaired) electrons. The van der Waals surface area contributed by atoms with Gasteiger partial charge in [0, 0.05) is 0 Å². The third-order valence-corrected chi connectivity index (χ3v) is 2.15. The van der Waals surface area contributed by atoms with Gasteiger partial charge in [0.05, 0.1) is 19.2 Å². The maximum atomic E-state index is 13.3. The van der Waals surface area contributed by atoms with Crippen molar-refractivity contribution in [1.29, 1.82) is 0 Å². The molecule has 0 aromatic heterocycles. The summed E-state index contributed by atoms with van der Waals surface area (Å²) in [6, 6.07) is 0.805. The molecule has 1 aromatic carbocycles. The van der Waals surface area contributed by atoms with Gasteiger partial charge in [0.1, 0.15) is 10.8 Å². The largest absolute Gasteiger partial charge is 0.493 e. The molecule has 3 nitrogen and oxygen atoms in total. The molecular formula is C9H8ClF2NO2. The Labute approximate surface area is 89.8 Å². The Hall–Kier alpha value is -1.20. The zero-order valence-corrected chi connectivity index (χ0v) is 8.57. The quantitative estimate of drug-likeness (QED) is 0.642. The van der Waals surface area contributed by atoms with Gasteiger partial charge in [-0.3, -0.25) is 4.79 Å². The molecule has 0 unspecified atom stereocenters. The summed E-state index contributed by atoms with van der Waals surface area (Å²) in [6.07, 6.45) is 0. The molecule has 1 aromatic rings. The Bertz CT molecular complexity index is 410. The number of carbonyl (C=O) groups excluding carboxylic acids is 1. The van der Waals surface area contributed by atoms with Crippen LogP contribution in [-0.2, 0) is 0 Å². The molecule has 15 heavy (non-hydrogen) atoms. The SMILES string of the molecule is COc1c(C(=O)CN)cc(F)c(Cl)c1F. The number of Topliss-reactive ketones (excluding diaryl/α,β-unsaturated/α-hetero) is 1. The Balaban J connectivity index is 3.45. The third-order valence-electron chi connectivity index (χ3n) is 1.81. The fourth-order valence-corrected chi connectivity index (χ4v) is 1.24. The van der Waals surface area contributed by atoms with E-state index in [0.29, 0.717) is 0 Å². The predicted octanol–water partition coefficient (Wildman–Crippen LogP) is 1.77. The molecule has 0 amide bonds. The summed E-state index contributed by atoms with van der Waals surface area (Å²) in [5.74, 6) is -3.14. The van der Waals surface area contributed by atoms with E-state index in [1.54, 1.807) is 0 Å². The lowest BCUT2D eigenvalue weighted by Gasteiger charge is -2.09. The maximum absolute atomic E-state index is 13.3. The number of carbonyl (C=O) groups is 1. The van der Waals surface area contributed by atoms with Gasteiger partial charge in [0.25, 0.3) is 0 Å². The van der Waals surface area contributed by atoms with Crippen LogP contribution < -0.4 is 10.5 Å². The van der Waals surface area contributed by atoms with Crippen molar-refractivity contribution in [3.63, 3.8) is 0 Å². The van der Waals surface area contributed by atoms with Crippen LogP contribution >= 0.6 is 11.6 Å². The van der Waals surface area contributed by atoms with Crippen LogP contribution in [0.4, 0.5) is 8.78 Å². The zero-order chi connectivity index (χ0) is 11.6. The summed E-state index contributed by atoms with van der Waals surface area (Å²) in [6.45, 7) is -0.364. The minimum atomic E-state index is -1.10. The van der Waals surface area contributed by atoms with E-state index in [9.17, 15) is 13.6 Å². The second kappa shape index (κ2) is 4.55. The van der Waals surface area contributed by atoms with Gasteiger partial charge in [-0.15, -0.1) is 0 Å². The Morgan fingerprint density at radius 2 is 2.20 bits per heavy atom. The highest BCUT2D eigenvalue weighted by Crippen LogP contribution is 2.31. The molecule has 6 heteroatoms. The molecule has 0 heterocycles. The van der Waals surface area contributed by atoms with Crippen LogP contribution in [-0.4, -0.2) is 19.4 Å². The number of halogens is 3. The second-order valence-electron chi connectivity index (χ2n) is 2.69. The highest BCUT2D eigenvalue weighted by atomic mass is 35.5. The molecule has 2 N–H and O–H groups in total. The van der Waals surface area contributed by atoms with E-state index in [4.69, 9.17) is 17.3 Å². The average Bonchev–Trinajstić information content (AvgIpc) is 2.24. The van der Waals surface area contributed by atoms with Crippen molar-refractivity contribution in [3.8, 4) is 5.75 Å². The first-order chi connectivity index (χ1) is 7.02. The summed E-state index contributed by atoms with van der Waals surface area (Å²) in [4.78, 5) is 11.2. The average molecular weight is 236 g/mol. The van der Waals surface area contributed by atoms with Crippen molar-refractivity contribution in [1.82, 2.24) is 0 Å². The van der Waals surface area contributed by atoms with Crippen molar-refractivity contribution in [3.05, 3.63) is 28.3 Å². The topological polar surface area (TPSA) is 52.3 Å². The monoisotopic (exact) mass is 235 g/mol. The highest BCUT2D eigenvalue weighted by molar-refractivity contribution is 6.31. The van der Waals surface area contributed by atoms with Crippen molar-refractivity contribution in [2.45, 2.75) is 0 Å². The minimum Gasteiger partial charge on any atom is -0.493 e. The number of rotatable bonds is 3. The lowest BCUT2D eigenvalue weighted by molar-refractivity contribution is 0.0997. The van der Waals surface area contributed by atoms with Crippen molar-refractivity contribution in [2.24, 2.45) is 5.73 Å². The van der Waals surface area contributed by atoms with Crippen molar-refractivity contribution < 1.29 is 18.3 Å².